The van der Waals surface area contributed by atoms with Crippen LogP contribution in [-0.2, 0) is 17.9 Å². The monoisotopic (exact) mass is 457 g/mol. The first kappa shape index (κ1) is 22.3. The molecule has 0 spiro atoms. The van der Waals surface area contributed by atoms with Gasteiger partial charge in [0.25, 0.3) is 5.56 Å². The molecule has 1 aliphatic heterocycles. The summed E-state index contributed by atoms with van der Waals surface area (Å²) in [4.78, 5) is 28.7. The van der Waals surface area contributed by atoms with Gasteiger partial charge in [-0.2, -0.15) is 5.10 Å². The number of aromatic nitrogens is 3. The summed E-state index contributed by atoms with van der Waals surface area (Å²) in [6, 6.07) is 16.6. The van der Waals surface area contributed by atoms with Crippen molar-refractivity contribution in [2.75, 3.05) is 19.6 Å². The number of benzene rings is 2. The topological polar surface area (TPSA) is 72.2 Å². The molecule has 1 fully saturated rings. The van der Waals surface area contributed by atoms with Crippen molar-refractivity contribution in [3.8, 4) is 0 Å². The molecule has 1 N–H and O–H groups in total. The van der Waals surface area contributed by atoms with E-state index >= 15 is 0 Å². The van der Waals surface area contributed by atoms with E-state index in [1.54, 1.807) is 6.20 Å². The second-order valence-corrected chi connectivity index (χ2v) is 9.13. The maximum Gasteiger partial charge on any atom is 0.291 e. The average Bonchev–Trinajstić information content (AvgIpc) is 3.44. The van der Waals surface area contributed by atoms with Crippen molar-refractivity contribution in [2.24, 2.45) is 0 Å². The zero-order valence-corrected chi connectivity index (χ0v) is 19.8. The summed E-state index contributed by atoms with van der Waals surface area (Å²) in [5.74, 6) is -0.182. The van der Waals surface area contributed by atoms with Crippen LogP contribution in [0.3, 0.4) is 0 Å². The molecular formula is C27H31N5O2. The van der Waals surface area contributed by atoms with Crippen molar-refractivity contribution in [1.82, 2.24) is 24.6 Å². The van der Waals surface area contributed by atoms with Gasteiger partial charge in [-0.15, -0.1) is 0 Å². The van der Waals surface area contributed by atoms with E-state index in [9.17, 15) is 9.59 Å². The van der Waals surface area contributed by atoms with Gasteiger partial charge in [0.05, 0.1) is 6.20 Å². The van der Waals surface area contributed by atoms with E-state index in [0.29, 0.717) is 24.6 Å². The summed E-state index contributed by atoms with van der Waals surface area (Å²) >= 11 is 0. The van der Waals surface area contributed by atoms with Crippen LogP contribution >= 0.6 is 0 Å². The number of carbonyl (C=O) groups excluding carboxylic acids is 1. The number of aryl methyl sites for hydroxylation is 1. The number of carbonyl (C=O) groups is 1. The molecule has 1 saturated heterocycles. The highest BCUT2D eigenvalue weighted by Gasteiger charge is 2.23. The second-order valence-electron chi connectivity index (χ2n) is 9.13. The Kier molecular flexibility index (Phi) is 6.20. The Hall–Kier alpha value is -3.45. The molecule has 5 rings (SSSR count). The summed E-state index contributed by atoms with van der Waals surface area (Å²) in [6.07, 6.45) is 3.98. The average molecular weight is 458 g/mol. The normalized spacial score (nSPS) is 16.5. The van der Waals surface area contributed by atoms with Crippen molar-refractivity contribution >= 4 is 27.7 Å². The lowest BCUT2D eigenvalue weighted by Crippen LogP contribution is -2.42. The first-order valence-electron chi connectivity index (χ1n) is 12.1. The van der Waals surface area contributed by atoms with Crippen LogP contribution in [0.15, 0.2) is 59.5 Å². The fraction of sp³-hybridized carbons (Fsp3) is 0.370. The van der Waals surface area contributed by atoms with Crippen LogP contribution in [-0.4, -0.2) is 50.8 Å². The summed E-state index contributed by atoms with van der Waals surface area (Å²) in [6.45, 7) is 7.41. The number of hydrogen-bond acceptors (Lipinski definition) is 4. The summed E-state index contributed by atoms with van der Waals surface area (Å²) in [5, 5.41) is 9.19. The van der Waals surface area contributed by atoms with Crippen molar-refractivity contribution in [2.45, 2.75) is 45.8 Å². The summed E-state index contributed by atoms with van der Waals surface area (Å²) in [5.41, 5.74) is 3.66. The molecule has 7 nitrogen and oxygen atoms in total. The standard InChI is InChI=1S/C27H31N5O2/c1-3-30-14-8-11-21(30)15-28-25(33)18-32-27(34)26-23(16-29-32)22-12-6-7-13-24(22)31(26)17-20-10-5-4-9-19(20)2/h4-7,9-10,12-13,16,21H,3,8,11,14-15,17-18H2,1-2H3,(H,28,33)/t21-/m0/s1. The van der Waals surface area contributed by atoms with E-state index < -0.39 is 0 Å². The lowest BCUT2D eigenvalue weighted by Gasteiger charge is -2.22. The number of nitrogens with zero attached hydrogens (tertiary/aromatic N) is 4. The van der Waals surface area contributed by atoms with Gasteiger partial charge >= 0.3 is 0 Å². The highest BCUT2D eigenvalue weighted by molar-refractivity contribution is 6.07. The van der Waals surface area contributed by atoms with E-state index in [0.717, 1.165) is 47.8 Å². The third-order valence-electron chi connectivity index (χ3n) is 7.10. The molecule has 1 amide bonds. The van der Waals surface area contributed by atoms with Gasteiger partial charge in [0, 0.05) is 35.4 Å². The SMILES string of the molecule is CCN1CCC[C@H]1CNC(=O)Cn1ncc2c3ccccc3n(Cc3ccccc3C)c2c1=O. The number of amides is 1. The number of likely N-dealkylation sites (tertiary alicyclic amines) is 1. The molecule has 0 saturated carbocycles. The highest BCUT2D eigenvalue weighted by Crippen LogP contribution is 2.27. The molecule has 7 heteroatoms. The maximum absolute atomic E-state index is 13.6. The van der Waals surface area contributed by atoms with Gasteiger partial charge in [-0.05, 0) is 50.0 Å². The largest absolute Gasteiger partial charge is 0.353 e. The summed E-state index contributed by atoms with van der Waals surface area (Å²) in [7, 11) is 0. The zero-order chi connectivity index (χ0) is 23.7. The van der Waals surface area contributed by atoms with Crippen LogP contribution in [0.1, 0.15) is 30.9 Å². The van der Waals surface area contributed by atoms with Gasteiger partial charge in [-0.25, -0.2) is 4.68 Å². The molecule has 0 radical (unpaired) electrons. The molecule has 0 aliphatic carbocycles. The number of hydrogen-bond donors (Lipinski definition) is 1. The number of para-hydroxylation sites is 1. The van der Waals surface area contributed by atoms with Crippen LogP contribution in [0.25, 0.3) is 21.8 Å². The van der Waals surface area contributed by atoms with Crippen molar-refractivity contribution < 1.29 is 4.79 Å². The third-order valence-corrected chi connectivity index (χ3v) is 7.10. The predicted molar refractivity (Wildman–Crippen MR) is 135 cm³/mol. The van der Waals surface area contributed by atoms with Gasteiger partial charge in [0.1, 0.15) is 12.1 Å². The first-order chi connectivity index (χ1) is 16.6. The molecule has 3 heterocycles. The Labute approximate surface area is 199 Å². The fourth-order valence-corrected chi connectivity index (χ4v) is 5.19. The smallest absolute Gasteiger partial charge is 0.291 e. The quantitative estimate of drug-likeness (QED) is 0.462. The van der Waals surface area contributed by atoms with Gasteiger partial charge in [-0.1, -0.05) is 49.4 Å². The molecule has 176 valence electrons. The Morgan fingerprint density at radius 3 is 2.74 bits per heavy atom. The Balaban J connectivity index is 1.47. The third kappa shape index (κ3) is 4.12. The van der Waals surface area contributed by atoms with Crippen molar-refractivity contribution in [1.29, 1.82) is 0 Å². The van der Waals surface area contributed by atoms with Gasteiger partial charge < -0.3 is 9.88 Å². The molecule has 0 unspecified atom stereocenters. The Morgan fingerprint density at radius 1 is 1.12 bits per heavy atom. The lowest BCUT2D eigenvalue weighted by molar-refractivity contribution is -0.122. The molecule has 2 aromatic carbocycles. The zero-order valence-electron chi connectivity index (χ0n) is 19.8. The van der Waals surface area contributed by atoms with Crippen LogP contribution in [0, 0.1) is 6.92 Å². The number of likely N-dealkylation sites (N-methyl/N-ethyl adjacent to an activating group) is 1. The molecule has 0 bridgehead atoms. The minimum Gasteiger partial charge on any atom is -0.353 e. The van der Waals surface area contributed by atoms with Gasteiger partial charge in [0.15, 0.2) is 0 Å². The van der Waals surface area contributed by atoms with Crippen LogP contribution < -0.4 is 10.9 Å². The minimum atomic E-state index is -0.242. The fourth-order valence-electron chi connectivity index (χ4n) is 5.19. The minimum absolute atomic E-state index is 0.0838. The van der Waals surface area contributed by atoms with Crippen molar-refractivity contribution in [3.05, 3.63) is 76.2 Å². The first-order valence-corrected chi connectivity index (χ1v) is 12.1. The molecule has 1 aliphatic rings. The van der Waals surface area contributed by atoms with Crippen LogP contribution in [0.4, 0.5) is 0 Å². The number of fused-ring (bicyclic) bond motifs is 3. The van der Waals surface area contributed by atoms with Gasteiger partial charge in [0.2, 0.25) is 5.91 Å². The number of nitrogens with one attached hydrogen (secondary N) is 1. The van der Waals surface area contributed by atoms with E-state index in [1.807, 2.05) is 36.4 Å². The summed E-state index contributed by atoms with van der Waals surface area (Å²) < 4.78 is 3.35. The molecular weight excluding hydrogens is 426 g/mol. The van der Waals surface area contributed by atoms with E-state index in [4.69, 9.17) is 0 Å². The maximum atomic E-state index is 13.6. The van der Waals surface area contributed by atoms with E-state index in [1.165, 1.54) is 10.2 Å². The Bertz CT molecular complexity index is 1400. The Morgan fingerprint density at radius 2 is 1.91 bits per heavy atom. The van der Waals surface area contributed by atoms with Crippen LogP contribution in [0.2, 0.25) is 0 Å². The van der Waals surface area contributed by atoms with Crippen LogP contribution in [0.5, 0.6) is 0 Å². The van der Waals surface area contributed by atoms with E-state index in [-0.39, 0.29) is 18.0 Å². The van der Waals surface area contributed by atoms with E-state index in [2.05, 4.69) is 45.9 Å². The molecule has 2 aromatic heterocycles. The second kappa shape index (κ2) is 9.43. The highest BCUT2D eigenvalue weighted by atomic mass is 16.2. The molecule has 4 aromatic rings. The lowest BCUT2D eigenvalue weighted by atomic mass is 10.1. The number of rotatable bonds is 7. The molecule has 34 heavy (non-hydrogen) atoms. The molecule has 1 atom stereocenters. The predicted octanol–water partition coefficient (Wildman–Crippen LogP) is 3.31. The van der Waals surface area contributed by atoms with Crippen molar-refractivity contribution in [3.63, 3.8) is 0 Å². The van der Waals surface area contributed by atoms with Gasteiger partial charge in [-0.3, -0.25) is 14.5 Å².